The Morgan fingerprint density at radius 2 is 0.626 bits per heavy atom. The summed E-state index contributed by atoms with van der Waals surface area (Å²) >= 11 is 0. The van der Waals surface area contributed by atoms with Crippen LogP contribution in [0.15, 0.2) is 0 Å². The van der Waals surface area contributed by atoms with Crippen molar-refractivity contribution in [2.24, 2.45) is 0 Å². The van der Waals surface area contributed by atoms with Crippen molar-refractivity contribution >= 4 is 51.3 Å². The lowest BCUT2D eigenvalue weighted by Gasteiger charge is -2.47. The topological polar surface area (TPSA) is 406 Å². The molecule has 0 saturated carbocycles. The van der Waals surface area contributed by atoms with Crippen molar-refractivity contribution in [3.05, 3.63) is 0 Å². The second kappa shape index (κ2) is 75.4. The Balaban J connectivity index is 2.84. The van der Waals surface area contributed by atoms with Crippen molar-refractivity contribution in [1.29, 1.82) is 0 Å². The minimum absolute atomic E-state index is 0.0781. The number of hydrogen-bond donors (Lipinski definition) is 10. The highest BCUT2D eigenvalue weighted by molar-refractivity contribution is 7.46. The summed E-state index contributed by atoms with van der Waals surface area (Å²) in [5.74, 6) is -5.04. The Morgan fingerprint density at radius 1 is 0.333 bits per heavy atom. The van der Waals surface area contributed by atoms with E-state index in [1.807, 2.05) is 0 Å². The van der Waals surface area contributed by atoms with Gasteiger partial charge in [-0.1, -0.05) is 375 Å². The maximum atomic E-state index is 15.2. The van der Waals surface area contributed by atoms with Crippen LogP contribution >= 0.6 is 15.6 Å². The number of phosphoric acid groups is 2. The zero-order chi connectivity index (χ0) is 90.4. The largest absolute Gasteiger partial charge is 0.472 e. The average Bonchev–Trinajstić information content (AvgIpc) is 0.778. The van der Waals surface area contributed by atoms with Crippen LogP contribution in [-0.2, 0) is 80.1 Å². The molecular formula is C94H178N2O25P2. The quantitative estimate of drug-likeness (QED) is 0.0117. The van der Waals surface area contributed by atoms with Gasteiger partial charge in [-0.3, -0.25) is 37.8 Å². The van der Waals surface area contributed by atoms with Gasteiger partial charge in [-0.25, -0.2) is 9.13 Å². The molecule has 2 heterocycles. The molecule has 123 heavy (non-hydrogen) atoms. The highest BCUT2D eigenvalue weighted by atomic mass is 31.2. The van der Waals surface area contributed by atoms with Crippen molar-refractivity contribution in [3.63, 3.8) is 0 Å². The van der Waals surface area contributed by atoms with Crippen molar-refractivity contribution < 1.29 is 120 Å². The van der Waals surface area contributed by atoms with Crippen LogP contribution in [0.3, 0.4) is 0 Å². The van der Waals surface area contributed by atoms with Crippen molar-refractivity contribution in [2.45, 2.75) is 551 Å². The van der Waals surface area contributed by atoms with E-state index in [4.69, 9.17) is 42.2 Å². The molecule has 2 saturated heterocycles. The second-order valence-corrected chi connectivity index (χ2v) is 37.9. The number of aliphatic hydroxyl groups excluding tert-OH is 4. The van der Waals surface area contributed by atoms with E-state index in [0.717, 1.165) is 257 Å². The normalized spacial score (nSPS) is 20.4. The predicted molar refractivity (Wildman–Crippen MR) is 481 cm³/mol. The summed E-state index contributed by atoms with van der Waals surface area (Å²) in [6.07, 6.45) is 34.0. The number of nitrogens with one attached hydrogen (secondary N) is 2. The van der Waals surface area contributed by atoms with Crippen molar-refractivity contribution in [2.75, 3.05) is 13.2 Å². The van der Waals surface area contributed by atoms with E-state index >= 15 is 9.59 Å². The van der Waals surface area contributed by atoms with Gasteiger partial charge in [-0.2, -0.15) is 0 Å². The first-order valence-corrected chi connectivity index (χ1v) is 52.8. The molecule has 2 amide bonds. The summed E-state index contributed by atoms with van der Waals surface area (Å²) in [7, 11) is -11.4. The van der Waals surface area contributed by atoms with Gasteiger partial charge in [-0.05, 0) is 51.4 Å². The van der Waals surface area contributed by atoms with Gasteiger partial charge in [0.1, 0.15) is 48.7 Å². The van der Waals surface area contributed by atoms with E-state index < -0.39 is 176 Å². The fraction of sp³-hybridized carbons (Fsp3) is 0.936. The highest BCUT2D eigenvalue weighted by Gasteiger charge is 2.55. The fourth-order valence-corrected chi connectivity index (χ4v) is 17.6. The maximum absolute atomic E-state index is 15.2. The molecular weight excluding hydrogens is 1620 g/mol. The zero-order valence-electron chi connectivity index (χ0n) is 77.6. The first-order chi connectivity index (χ1) is 59.3. The lowest BCUT2D eigenvalue weighted by molar-refractivity contribution is -0.297. The van der Waals surface area contributed by atoms with Crippen LogP contribution in [0.4, 0.5) is 0 Å². The zero-order valence-corrected chi connectivity index (χ0v) is 79.4. The number of carbonyl (C=O) groups is 6. The minimum Gasteiger partial charge on any atom is -0.462 e. The number of carbonyl (C=O) groups excluding carboxylic acids is 6. The molecule has 14 atom stereocenters. The molecule has 27 nitrogen and oxygen atoms in total. The number of ether oxygens (including phenoxy) is 7. The summed E-state index contributed by atoms with van der Waals surface area (Å²) in [6.45, 7) is 10.9. The number of esters is 4. The Morgan fingerprint density at radius 3 is 0.984 bits per heavy atom. The smallest absolute Gasteiger partial charge is 0.462 e. The van der Waals surface area contributed by atoms with Crippen LogP contribution < -0.4 is 10.6 Å². The molecule has 0 spiro atoms. The molecule has 0 aliphatic carbocycles. The molecule has 10 N–H and O–H groups in total. The summed E-state index contributed by atoms with van der Waals surface area (Å²) in [5.41, 5.74) is 0. The van der Waals surface area contributed by atoms with E-state index in [1.54, 1.807) is 0 Å². The van der Waals surface area contributed by atoms with E-state index in [1.165, 1.54) is 64.2 Å². The van der Waals surface area contributed by atoms with Crippen LogP contribution in [0.1, 0.15) is 465 Å². The van der Waals surface area contributed by atoms with Gasteiger partial charge in [0.05, 0.1) is 51.1 Å². The fourth-order valence-electron chi connectivity index (χ4n) is 16.6. The van der Waals surface area contributed by atoms with Gasteiger partial charge in [-0.15, -0.1) is 0 Å². The second-order valence-electron chi connectivity index (χ2n) is 35.5. The van der Waals surface area contributed by atoms with E-state index in [-0.39, 0.29) is 38.5 Å². The summed E-state index contributed by atoms with van der Waals surface area (Å²) in [6, 6.07) is -3.86. The first-order valence-electron chi connectivity index (χ1n) is 49.7. The van der Waals surface area contributed by atoms with Gasteiger partial charge >= 0.3 is 39.5 Å². The third-order valence-electron chi connectivity index (χ3n) is 23.9. The molecule has 0 radical (unpaired) electrons. The van der Waals surface area contributed by atoms with E-state index in [2.05, 4.69) is 52.2 Å². The summed E-state index contributed by atoms with van der Waals surface area (Å²) in [5, 5.41) is 51.5. The summed E-state index contributed by atoms with van der Waals surface area (Å²) < 4.78 is 80.1. The molecule has 724 valence electrons. The van der Waals surface area contributed by atoms with Gasteiger partial charge in [0.25, 0.3) is 0 Å². The molecule has 2 aliphatic rings. The van der Waals surface area contributed by atoms with Crippen LogP contribution in [0.2, 0.25) is 0 Å². The van der Waals surface area contributed by atoms with E-state index in [9.17, 15) is 68.3 Å². The van der Waals surface area contributed by atoms with Crippen LogP contribution in [-0.4, -0.2) is 175 Å². The Hall–Kier alpha value is -3.24. The van der Waals surface area contributed by atoms with Gasteiger partial charge in [0.15, 0.2) is 24.8 Å². The molecule has 0 aromatic rings. The Kier molecular flexibility index (Phi) is 71.0. The molecule has 0 aromatic carbocycles. The predicted octanol–water partition coefficient (Wildman–Crippen LogP) is 20.6. The monoisotopic (exact) mass is 1800 g/mol. The van der Waals surface area contributed by atoms with Crippen molar-refractivity contribution in [1.82, 2.24) is 10.6 Å². The SMILES string of the molecule is CCCCCCCCCCCCCC(=O)O[C@H](CCCCCCCCCCC)CC(=O)O[C@@H]1[C@H](NC(=O)C[C@@H](CCCCCCCCCCC)OC(=O)CCCCCCCCCCC)[C@H](OC[C@H]2O[C@H](OP(=O)(O)O)[C@@H](NC(=O)C[C@H](O)CCCCCCCCCCC)[C@@H](OC(=O)C[C@H](O)CCCCCCCCCCC)[C@@H]2O)O[C@H](CO)[C@H]1OP(=O)(O)O. The minimum atomic E-state index is -5.69. The number of phosphoric ester groups is 2. The molecule has 29 heteroatoms. The average molecular weight is 1800 g/mol. The van der Waals surface area contributed by atoms with Crippen LogP contribution in [0.25, 0.3) is 0 Å². The first kappa shape index (κ1) is 116. The Bertz CT molecular complexity index is 2710. The molecule has 2 rings (SSSR count). The van der Waals surface area contributed by atoms with E-state index in [0.29, 0.717) is 38.5 Å². The standard InChI is InChI=1S/C94H178N2O25P2/c1-7-13-19-25-31-37-38-44-50-56-62-68-84(103)115-78(66-60-54-48-42-35-29-23-17-11-5)72-86(105)119-92-88(96-82(101)71-77(65-59-53-47-41-34-28-22-16-10-4)114-83(102)67-61-55-49-43-36-30-24-18-12-6)93(116-79(73-97)90(92)120-122(107,108)109)113-74-80-89(106)91(118-85(104)70-76(99)64-58-52-46-40-33-27-21-15-9-3)87(94(117-80)121-123(110,111)112)95-81(100)69-75(98)63-57-51-45-39-32-26-20-14-8-2/h75-80,87-94,97-99,106H,7-74H2,1-6H3,(H,95,100)(H,96,101)(H2,107,108,109)(H2,110,111,112)/t75-,76-,77-,78-,79-,80-,87+,88+,89-,90-,91-,92-,93-,94-/m1/s1. The van der Waals surface area contributed by atoms with Gasteiger partial charge < -0.3 is 83.8 Å². The maximum Gasteiger partial charge on any atom is 0.472 e. The molecule has 2 aliphatic heterocycles. The lowest BCUT2D eigenvalue weighted by Crippen LogP contribution is -2.68. The Labute approximate surface area is 742 Å². The van der Waals surface area contributed by atoms with Crippen LogP contribution in [0, 0.1) is 0 Å². The molecule has 0 aromatic heterocycles. The summed E-state index contributed by atoms with van der Waals surface area (Å²) in [4.78, 5) is 128. The number of aliphatic hydroxyl groups is 4. The highest BCUT2D eigenvalue weighted by Crippen LogP contribution is 2.44. The van der Waals surface area contributed by atoms with Crippen molar-refractivity contribution in [3.8, 4) is 0 Å². The lowest BCUT2D eigenvalue weighted by atomic mass is 9.95. The van der Waals surface area contributed by atoms with Gasteiger partial charge in [0, 0.05) is 12.8 Å². The third-order valence-corrected chi connectivity index (χ3v) is 24.9. The number of amides is 2. The molecule has 0 bridgehead atoms. The third kappa shape index (κ3) is 61.9. The number of hydrogen-bond acceptors (Lipinski definition) is 21. The van der Waals surface area contributed by atoms with Crippen LogP contribution in [0.5, 0.6) is 0 Å². The molecule has 0 unspecified atom stereocenters. The number of rotatable bonds is 84. The number of unbranched alkanes of at least 4 members (excludes halogenated alkanes) is 50. The molecule has 2 fully saturated rings. The van der Waals surface area contributed by atoms with Gasteiger partial charge in [0.2, 0.25) is 11.8 Å².